The van der Waals surface area contributed by atoms with Gasteiger partial charge in [-0.05, 0) is 71.0 Å². The molecule has 1 heterocycles. The third kappa shape index (κ3) is 3.57. The van der Waals surface area contributed by atoms with Gasteiger partial charge in [-0.25, -0.2) is 0 Å². The van der Waals surface area contributed by atoms with Crippen LogP contribution in [0.3, 0.4) is 0 Å². The Morgan fingerprint density at radius 3 is 2.00 bits per heavy atom. The van der Waals surface area contributed by atoms with Gasteiger partial charge in [0.1, 0.15) is 0 Å². The van der Waals surface area contributed by atoms with Gasteiger partial charge in [0.2, 0.25) is 0 Å². The van der Waals surface area contributed by atoms with Crippen LogP contribution in [0.25, 0.3) is 0 Å². The van der Waals surface area contributed by atoms with Crippen molar-refractivity contribution in [3.63, 3.8) is 0 Å². The summed E-state index contributed by atoms with van der Waals surface area (Å²) >= 11 is 0. The van der Waals surface area contributed by atoms with E-state index in [1.165, 1.54) is 0 Å². The second-order valence-electron chi connectivity index (χ2n) is 7.86. The summed E-state index contributed by atoms with van der Waals surface area (Å²) in [6.07, 6.45) is 3.73. The third-order valence-electron chi connectivity index (χ3n) is 5.50. The van der Waals surface area contributed by atoms with E-state index in [1.807, 2.05) is 0 Å². The first-order valence-electron chi connectivity index (χ1n) is 8.67. The van der Waals surface area contributed by atoms with Gasteiger partial charge in [0.05, 0.1) is 17.3 Å². The Hall–Kier alpha value is -1.04. The van der Waals surface area contributed by atoms with Crippen LogP contribution in [0.15, 0.2) is 24.3 Å². The molecular weight excluding hydrogens is 289 g/mol. The lowest BCUT2D eigenvalue weighted by Gasteiger charge is -2.32. The average molecular weight is 317 g/mol. The van der Waals surface area contributed by atoms with Gasteiger partial charge in [0.25, 0.3) is 0 Å². The average Bonchev–Trinajstić information content (AvgIpc) is 2.71. The molecule has 0 spiro atoms. The predicted molar refractivity (Wildman–Crippen MR) is 94.0 cm³/mol. The standard InChI is InChI=1S/C18H28BNO3/c1-17(2)18(3,4)23-19(22-17)13-5-7-14(8-6-13)20-15-9-11-16(21)12-10-15/h5-8,15-16,20-21H,9-12H2,1-4H3. The van der Waals surface area contributed by atoms with E-state index in [4.69, 9.17) is 9.31 Å². The van der Waals surface area contributed by atoms with Gasteiger partial charge >= 0.3 is 7.12 Å². The molecule has 1 saturated carbocycles. The van der Waals surface area contributed by atoms with Crippen molar-refractivity contribution in [1.29, 1.82) is 0 Å². The van der Waals surface area contributed by atoms with Crippen molar-refractivity contribution in [3.8, 4) is 0 Å². The third-order valence-corrected chi connectivity index (χ3v) is 5.50. The lowest BCUT2D eigenvalue weighted by Crippen LogP contribution is -2.41. The second kappa shape index (κ2) is 6.12. The second-order valence-corrected chi connectivity index (χ2v) is 7.86. The molecule has 1 aromatic carbocycles. The Labute approximate surface area is 139 Å². The first kappa shape index (κ1) is 16.8. The zero-order chi connectivity index (χ0) is 16.7. The minimum absolute atomic E-state index is 0.112. The lowest BCUT2D eigenvalue weighted by molar-refractivity contribution is 0.00578. The largest absolute Gasteiger partial charge is 0.494 e. The van der Waals surface area contributed by atoms with Crippen molar-refractivity contribution >= 4 is 18.3 Å². The minimum atomic E-state index is -0.308. The number of anilines is 1. The van der Waals surface area contributed by atoms with Gasteiger partial charge in [-0.15, -0.1) is 0 Å². The van der Waals surface area contributed by atoms with Crippen LogP contribution < -0.4 is 10.8 Å². The topological polar surface area (TPSA) is 50.7 Å². The van der Waals surface area contributed by atoms with Crippen molar-refractivity contribution < 1.29 is 14.4 Å². The molecule has 23 heavy (non-hydrogen) atoms. The number of hydrogen-bond donors (Lipinski definition) is 2. The molecular formula is C18H28BNO3. The Kier molecular flexibility index (Phi) is 4.47. The lowest BCUT2D eigenvalue weighted by atomic mass is 9.79. The van der Waals surface area contributed by atoms with Crippen LogP contribution in [-0.2, 0) is 9.31 Å². The zero-order valence-electron chi connectivity index (χ0n) is 14.6. The van der Waals surface area contributed by atoms with Crippen molar-refractivity contribution in [2.75, 3.05) is 5.32 Å². The number of nitrogens with one attached hydrogen (secondary N) is 1. The van der Waals surface area contributed by atoms with Crippen molar-refractivity contribution in [2.45, 2.75) is 76.7 Å². The summed E-state index contributed by atoms with van der Waals surface area (Å²) in [4.78, 5) is 0. The van der Waals surface area contributed by atoms with Crippen LogP contribution in [0.5, 0.6) is 0 Å². The monoisotopic (exact) mass is 317 g/mol. The number of hydrogen-bond acceptors (Lipinski definition) is 4. The Morgan fingerprint density at radius 2 is 1.48 bits per heavy atom. The van der Waals surface area contributed by atoms with E-state index < -0.39 is 0 Å². The number of aliphatic hydroxyl groups is 1. The summed E-state index contributed by atoms with van der Waals surface area (Å²) < 4.78 is 12.2. The fraction of sp³-hybridized carbons (Fsp3) is 0.667. The molecule has 4 nitrogen and oxygen atoms in total. The Balaban J connectivity index is 1.62. The normalized spacial score (nSPS) is 29.5. The van der Waals surface area contributed by atoms with Crippen molar-refractivity contribution in [1.82, 2.24) is 0 Å². The summed E-state index contributed by atoms with van der Waals surface area (Å²) in [6.45, 7) is 8.28. The maximum Gasteiger partial charge on any atom is 0.494 e. The summed E-state index contributed by atoms with van der Waals surface area (Å²) in [5.74, 6) is 0. The molecule has 0 bridgehead atoms. The quantitative estimate of drug-likeness (QED) is 0.842. The first-order valence-corrected chi connectivity index (χ1v) is 8.67. The summed E-state index contributed by atoms with van der Waals surface area (Å²) in [6, 6.07) is 8.78. The van der Waals surface area contributed by atoms with Crippen LogP contribution in [0.4, 0.5) is 5.69 Å². The van der Waals surface area contributed by atoms with E-state index >= 15 is 0 Å². The number of aliphatic hydroxyl groups excluding tert-OH is 1. The van der Waals surface area contributed by atoms with E-state index in [2.05, 4.69) is 57.3 Å². The molecule has 3 rings (SSSR count). The molecule has 1 aliphatic carbocycles. The van der Waals surface area contributed by atoms with E-state index in [9.17, 15) is 5.11 Å². The molecule has 0 amide bonds. The van der Waals surface area contributed by atoms with Crippen LogP contribution in [-0.4, -0.2) is 35.6 Å². The van der Waals surface area contributed by atoms with Crippen LogP contribution in [0, 0.1) is 0 Å². The Bertz CT molecular complexity index is 520. The maximum absolute atomic E-state index is 9.58. The highest BCUT2D eigenvalue weighted by Gasteiger charge is 2.51. The molecule has 1 aliphatic heterocycles. The summed E-state index contributed by atoms with van der Waals surface area (Å²) in [7, 11) is -0.307. The summed E-state index contributed by atoms with van der Waals surface area (Å²) in [5, 5.41) is 13.1. The molecule has 5 heteroatoms. The molecule has 0 radical (unpaired) electrons. The molecule has 1 saturated heterocycles. The smallest absolute Gasteiger partial charge is 0.399 e. The van der Waals surface area contributed by atoms with Gasteiger partial charge in [-0.2, -0.15) is 0 Å². The van der Waals surface area contributed by atoms with Gasteiger partial charge in [0.15, 0.2) is 0 Å². The first-order chi connectivity index (χ1) is 10.8. The number of benzene rings is 1. The highest BCUT2D eigenvalue weighted by molar-refractivity contribution is 6.62. The van der Waals surface area contributed by atoms with Crippen LogP contribution in [0.1, 0.15) is 53.4 Å². The molecule has 2 N–H and O–H groups in total. The number of rotatable bonds is 3. The zero-order valence-corrected chi connectivity index (χ0v) is 14.6. The fourth-order valence-corrected chi connectivity index (χ4v) is 3.17. The minimum Gasteiger partial charge on any atom is -0.399 e. The van der Waals surface area contributed by atoms with E-state index in [0.29, 0.717) is 6.04 Å². The van der Waals surface area contributed by atoms with Crippen molar-refractivity contribution in [3.05, 3.63) is 24.3 Å². The molecule has 126 valence electrons. The fourth-order valence-electron chi connectivity index (χ4n) is 3.17. The maximum atomic E-state index is 9.58. The summed E-state index contributed by atoms with van der Waals surface area (Å²) in [5.41, 5.74) is 1.55. The molecule has 0 unspecified atom stereocenters. The molecule has 0 atom stereocenters. The van der Waals surface area contributed by atoms with E-state index in [-0.39, 0.29) is 24.4 Å². The van der Waals surface area contributed by atoms with Crippen LogP contribution in [0.2, 0.25) is 0 Å². The van der Waals surface area contributed by atoms with Gasteiger partial charge < -0.3 is 19.7 Å². The van der Waals surface area contributed by atoms with E-state index in [1.54, 1.807) is 0 Å². The van der Waals surface area contributed by atoms with Gasteiger partial charge in [-0.1, -0.05) is 12.1 Å². The van der Waals surface area contributed by atoms with Crippen LogP contribution >= 0.6 is 0 Å². The SMILES string of the molecule is CC1(C)OB(c2ccc(NC3CCC(O)CC3)cc2)OC1(C)C. The molecule has 0 aromatic heterocycles. The molecule has 2 aliphatic rings. The highest BCUT2D eigenvalue weighted by atomic mass is 16.7. The predicted octanol–water partition coefficient (Wildman–Crippen LogP) is 2.70. The highest BCUT2D eigenvalue weighted by Crippen LogP contribution is 2.36. The molecule has 1 aromatic rings. The Morgan fingerprint density at radius 1 is 0.957 bits per heavy atom. The van der Waals surface area contributed by atoms with E-state index in [0.717, 1.165) is 36.8 Å². The molecule has 2 fully saturated rings. The van der Waals surface area contributed by atoms with Gasteiger partial charge in [-0.3, -0.25) is 0 Å². The van der Waals surface area contributed by atoms with Gasteiger partial charge in [0, 0.05) is 11.7 Å². The van der Waals surface area contributed by atoms with Crippen molar-refractivity contribution in [2.24, 2.45) is 0 Å².